The summed E-state index contributed by atoms with van der Waals surface area (Å²) in [6.45, 7) is 2.07. The van der Waals surface area contributed by atoms with Crippen molar-refractivity contribution < 1.29 is 13.5 Å². The zero-order chi connectivity index (χ0) is 15.3. The van der Waals surface area contributed by atoms with Crippen LogP contribution in [0.15, 0.2) is 17.0 Å². The van der Waals surface area contributed by atoms with Gasteiger partial charge in [-0.1, -0.05) is 36.5 Å². The van der Waals surface area contributed by atoms with Gasteiger partial charge in [-0.15, -0.1) is 0 Å². The molecule has 5 nitrogen and oxygen atoms in total. The first-order chi connectivity index (χ1) is 9.34. The van der Waals surface area contributed by atoms with Crippen LogP contribution in [-0.4, -0.2) is 37.5 Å². The first kappa shape index (κ1) is 17.5. The van der Waals surface area contributed by atoms with E-state index in [4.69, 9.17) is 34.0 Å². The van der Waals surface area contributed by atoms with Crippen molar-refractivity contribution in [3.05, 3.63) is 22.2 Å². The monoisotopic (exact) mass is 340 g/mol. The summed E-state index contributed by atoms with van der Waals surface area (Å²) >= 11 is 11.7. The van der Waals surface area contributed by atoms with E-state index in [1.165, 1.54) is 16.4 Å². The molecule has 114 valence electrons. The van der Waals surface area contributed by atoms with Crippen LogP contribution in [0.5, 0.6) is 0 Å². The summed E-state index contributed by atoms with van der Waals surface area (Å²) < 4.78 is 26.2. The summed E-state index contributed by atoms with van der Waals surface area (Å²) in [5.41, 5.74) is 5.74. The van der Waals surface area contributed by atoms with Crippen LogP contribution in [0.2, 0.25) is 10.0 Å². The molecule has 0 saturated heterocycles. The van der Waals surface area contributed by atoms with Gasteiger partial charge in [-0.2, -0.15) is 4.31 Å². The van der Waals surface area contributed by atoms with Gasteiger partial charge in [0.2, 0.25) is 10.0 Å². The number of nitrogens with zero attached hydrogens (tertiary/aromatic N) is 1. The number of aliphatic hydroxyl groups is 1. The molecule has 0 unspecified atom stereocenters. The molecule has 0 aromatic heterocycles. The Balaban J connectivity index is 3.18. The van der Waals surface area contributed by atoms with Gasteiger partial charge in [-0.25, -0.2) is 8.42 Å². The molecular formula is C12H18Cl2N2O3S. The smallest absolute Gasteiger partial charge is 0.243 e. The van der Waals surface area contributed by atoms with Crippen molar-refractivity contribution in [1.82, 2.24) is 4.31 Å². The standard InChI is InChI=1S/C12H18Cl2N2O3S/c1-2-3-4-16(5-6-17)20(18,19)9-7-10(13)12(15)11(14)8-9/h7-8,17H,2-6,15H2,1H3. The lowest BCUT2D eigenvalue weighted by Gasteiger charge is -2.21. The number of anilines is 1. The van der Waals surface area contributed by atoms with Crippen molar-refractivity contribution in [3.63, 3.8) is 0 Å². The number of nitrogen functional groups attached to an aromatic ring is 1. The van der Waals surface area contributed by atoms with E-state index in [9.17, 15) is 8.42 Å². The second-order valence-electron chi connectivity index (χ2n) is 4.28. The van der Waals surface area contributed by atoms with Gasteiger partial charge >= 0.3 is 0 Å². The molecule has 0 aliphatic carbocycles. The average molecular weight is 341 g/mol. The minimum Gasteiger partial charge on any atom is -0.396 e. The molecule has 0 atom stereocenters. The molecule has 1 aromatic rings. The molecule has 0 radical (unpaired) electrons. The van der Waals surface area contributed by atoms with E-state index < -0.39 is 10.0 Å². The van der Waals surface area contributed by atoms with Gasteiger partial charge in [0.25, 0.3) is 0 Å². The molecule has 0 bridgehead atoms. The second kappa shape index (κ2) is 7.47. The van der Waals surface area contributed by atoms with Gasteiger partial charge in [0.1, 0.15) is 0 Å². The van der Waals surface area contributed by atoms with Crippen molar-refractivity contribution in [1.29, 1.82) is 0 Å². The summed E-state index contributed by atoms with van der Waals surface area (Å²) in [5.74, 6) is 0. The highest BCUT2D eigenvalue weighted by molar-refractivity contribution is 7.89. The van der Waals surface area contributed by atoms with Crippen molar-refractivity contribution in [3.8, 4) is 0 Å². The lowest BCUT2D eigenvalue weighted by Crippen LogP contribution is -2.34. The molecule has 0 aliphatic rings. The van der Waals surface area contributed by atoms with E-state index in [0.717, 1.165) is 6.42 Å². The predicted molar refractivity (Wildman–Crippen MR) is 81.6 cm³/mol. The third kappa shape index (κ3) is 3.99. The van der Waals surface area contributed by atoms with Crippen molar-refractivity contribution >= 4 is 38.9 Å². The predicted octanol–water partition coefficient (Wildman–Crippen LogP) is 2.36. The Morgan fingerprint density at radius 3 is 2.25 bits per heavy atom. The molecule has 20 heavy (non-hydrogen) atoms. The molecule has 3 N–H and O–H groups in total. The maximum Gasteiger partial charge on any atom is 0.243 e. The Hall–Kier alpha value is -0.530. The summed E-state index contributed by atoms with van der Waals surface area (Å²) in [7, 11) is -3.75. The summed E-state index contributed by atoms with van der Waals surface area (Å²) in [6, 6.07) is 2.54. The number of hydrogen-bond acceptors (Lipinski definition) is 4. The normalized spacial score (nSPS) is 12.1. The maximum atomic E-state index is 12.5. The van der Waals surface area contributed by atoms with E-state index in [1.807, 2.05) is 6.92 Å². The zero-order valence-electron chi connectivity index (χ0n) is 11.1. The average Bonchev–Trinajstić information content (AvgIpc) is 2.39. The molecule has 0 saturated carbocycles. The maximum absolute atomic E-state index is 12.5. The largest absolute Gasteiger partial charge is 0.396 e. The van der Waals surface area contributed by atoms with E-state index in [1.54, 1.807) is 0 Å². The third-order valence-corrected chi connectivity index (χ3v) is 5.30. The fourth-order valence-corrected chi connectivity index (χ4v) is 3.80. The van der Waals surface area contributed by atoms with Crippen LogP contribution < -0.4 is 5.73 Å². The van der Waals surface area contributed by atoms with Crippen molar-refractivity contribution in [2.24, 2.45) is 0 Å². The van der Waals surface area contributed by atoms with Crippen molar-refractivity contribution in [2.45, 2.75) is 24.7 Å². The van der Waals surface area contributed by atoms with Gasteiger partial charge in [-0.05, 0) is 18.6 Å². The van der Waals surface area contributed by atoms with Gasteiger partial charge in [-0.3, -0.25) is 0 Å². The highest BCUT2D eigenvalue weighted by atomic mass is 35.5. The molecule has 0 fully saturated rings. The Kier molecular flexibility index (Phi) is 6.54. The van der Waals surface area contributed by atoms with E-state index >= 15 is 0 Å². The van der Waals surface area contributed by atoms with Crippen LogP contribution >= 0.6 is 23.2 Å². The van der Waals surface area contributed by atoms with Crippen LogP contribution in [0, 0.1) is 0 Å². The Morgan fingerprint density at radius 1 is 1.25 bits per heavy atom. The fourth-order valence-electron chi connectivity index (χ4n) is 1.66. The highest BCUT2D eigenvalue weighted by Gasteiger charge is 2.25. The van der Waals surface area contributed by atoms with Crippen LogP contribution in [0.3, 0.4) is 0 Å². The van der Waals surface area contributed by atoms with Crippen LogP contribution in [-0.2, 0) is 10.0 Å². The quantitative estimate of drug-likeness (QED) is 0.746. The summed E-state index contributed by atoms with van der Waals surface area (Å²) in [5, 5.41) is 9.21. The highest BCUT2D eigenvalue weighted by Crippen LogP contribution is 2.31. The Morgan fingerprint density at radius 2 is 1.80 bits per heavy atom. The van der Waals surface area contributed by atoms with Crippen LogP contribution in [0.25, 0.3) is 0 Å². The second-order valence-corrected chi connectivity index (χ2v) is 7.03. The molecule has 0 heterocycles. The minimum absolute atomic E-state index is 0.0220. The number of halogens is 2. The SMILES string of the molecule is CCCCN(CCO)S(=O)(=O)c1cc(Cl)c(N)c(Cl)c1. The molecule has 1 aromatic carbocycles. The molecule has 0 spiro atoms. The topological polar surface area (TPSA) is 83.6 Å². The number of benzene rings is 1. The van der Waals surface area contributed by atoms with Gasteiger partial charge in [0.05, 0.1) is 27.2 Å². The number of nitrogens with two attached hydrogens (primary N) is 1. The molecule has 0 aliphatic heterocycles. The third-order valence-electron chi connectivity index (χ3n) is 2.80. The zero-order valence-corrected chi connectivity index (χ0v) is 13.5. The van der Waals surface area contributed by atoms with Gasteiger partial charge < -0.3 is 10.8 Å². The number of rotatable bonds is 7. The van der Waals surface area contributed by atoms with Gasteiger partial charge in [0, 0.05) is 13.1 Å². The number of unbranched alkanes of at least 4 members (excludes halogenated alkanes) is 1. The first-order valence-corrected chi connectivity index (χ1v) is 8.39. The fraction of sp³-hybridized carbons (Fsp3) is 0.500. The van der Waals surface area contributed by atoms with Gasteiger partial charge in [0.15, 0.2) is 0 Å². The molecular weight excluding hydrogens is 323 g/mol. The molecule has 8 heteroatoms. The van der Waals surface area contributed by atoms with E-state index in [0.29, 0.717) is 13.0 Å². The van der Waals surface area contributed by atoms with Crippen molar-refractivity contribution in [2.75, 3.05) is 25.4 Å². The Labute approximate surface area is 129 Å². The van der Waals surface area contributed by atoms with E-state index in [2.05, 4.69) is 0 Å². The number of sulfonamides is 1. The Bertz CT molecular complexity index is 541. The summed E-state index contributed by atoms with van der Waals surface area (Å²) in [6.07, 6.45) is 1.55. The van der Waals surface area contributed by atoms with Crippen LogP contribution in [0.1, 0.15) is 19.8 Å². The minimum atomic E-state index is -3.75. The molecule has 1 rings (SSSR count). The lowest BCUT2D eigenvalue weighted by atomic mass is 10.3. The number of hydrogen-bond donors (Lipinski definition) is 2. The lowest BCUT2D eigenvalue weighted by molar-refractivity contribution is 0.252. The summed E-state index contributed by atoms with van der Waals surface area (Å²) in [4.78, 5) is -0.0220. The molecule has 0 amide bonds. The first-order valence-electron chi connectivity index (χ1n) is 6.20. The number of aliphatic hydroxyl groups excluding tert-OH is 1. The van der Waals surface area contributed by atoms with E-state index in [-0.39, 0.29) is 33.8 Å². The van der Waals surface area contributed by atoms with Crippen LogP contribution in [0.4, 0.5) is 5.69 Å².